The van der Waals surface area contributed by atoms with Gasteiger partial charge in [0.1, 0.15) is 5.82 Å². The Bertz CT molecular complexity index is 870. The van der Waals surface area contributed by atoms with E-state index in [2.05, 4.69) is 48.4 Å². The average molecular weight is 363 g/mol. The molecule has 1 aromatic carbocycles. The van der Waals surface area contributed by atoms with Crippen LogP contribution >= 0.6 is 0 Å². The van der Waals surface area contributed by atoms with Crippen molar-refractivity contribution >= 4 is 23.7 Å². The molecule has 0 radical (unpaired) electrons. The van der Waals surface area contributed by atoms with Gasteiger partial charge in [-0.1, -0.05) is 38.1 Å². The molecule has 0 unspecified atom stereocenters. The maximum atomic E-state index is 12.4. The van der Waals surface area contributed by atoms with E-state index in [-0.39, 0.29) is 11.8 Å². The quantitative estimate of drug-likeness (QED) is 0.823. The molecule has 1 N–H and O–H groups in total. The van der Waals surface area contributed by atoms with Crippen molar-refractivity contribution in [3.8, 4) is 0 Å². The van der Waals surface area contributed by atoms with Crippen LogP contribution in [0.15, 0.2) is 42.6 Å². The molecule has 5 heteroatoms. The van der Waals surface area contributed by atoms with Crippen molar-refractivity contribution < 1.29 is 9.59 Å². The number of pyridine rings is 1. The van der Waals surface area contributed by atoms with Crippen LogP contribution in [0.25, 0.3) is 6.08 Å². The summed E-state index contributed by atoms with van der Waals surface area (Å²) in [5, 5.41) is 2.76. The molecule has 2 amide bonds. The summed E-state index contributed by atoms with van der Waals surface area (Å²) in [4.78, 5) is 29.7. The summed E-state index contributed by atoms with van der Waals surface area (Å²) >= 11 is 0. The lowest BCUT2D eigenvalue weighted by molar-refractivity contribution is -0.125. The molecule has 0 bridgehead atoms. The second-order valence-electron chi connectivity index (χ2n) is 7.25. The van der Waals surface area contributed by atoms with Crippen molar-refractivity contribution in [1.29, 1.82) is 0 Å². The van der Waals surface area contributed by atoms with Gasteiger partial charge in [0.25, 0.3) is 0 Å². The van der Waals surface area contributed by atoms with Gasteiger partial charge in [0, 0.05) is 32.3 Å². The van der Waals surface area contributed by atoms with Crippen LogP contribution in [0.3, 0.4) is 0 Å². The average Bonchev–Trinajstić information content (AvgIpc) is 2.66. The van der Waals surface area contributed by atoms with Gasteiger partial charge in [-0.05, 0) is 46.7 Å². The van der Waals surface area contributed by atoms with Crippen molar-refractivity contribution in [2.75, 3.05) is 12.4 Å². The third-order valence-corrected chi connectivity index (χ3v) is 4.73. The number of aryl methyl sites for hydroxylation is 1. The highest BCUT2D eigenvalue weighted by atomic mass is 16.2. The van der Waals surface area contributed by atoms with Gasteiger partial charge in [0.2, 0.25) is 11.8 Å². The van der Waals surface area contributed by atoms with Gasteiger partial charge in [-0.3, -0.25) is 9.59 Å². The maximum absolute atomic E-state index is 12.4. The summed E-state index contributed by atoms with van der Waals surface area (Å²) < 4.78 is 0. The monoisotopic (exact) mass is 363 g/mol. The Morgan fingerprint density at radius 1 is 1.26 bits per heavy atom. The van der Waals surface area contributed by atoms with Gasteiger partial charge in [-0.15, -0.1) is 0 Å². The first kappa shape index (κ1) is 18.8. The van der Waals surface area contributed by atoms with Crippen LogP contribution in [-0.4, -0.2) is 28.7 Å². The SMILES string of the molecule is CC(C)c1ccc(CN(C)C(=O)C=Cc2cnc3c(c2)CCC(=O)N3)cc1. The number of rotatable bonds is 5. The number of hydrogen-bond acceptors (Lipinski definition) is 3. The smallest absolute Gasteiger partial charge is 0.246 e. The normalized spacial score (nSPS) is 13.6. The van der Waals surface area contributed by atoms with Crippen LogP contribution in [0.1, 0.15) is 48.4 Å². The summed E-state index contributed by atoms with van der Waals surface area (Å²) in [6.45, 7) is 4.90. The lowest BCUT2D eigenvalue weighted by Gasteiger charge is -2.16. The van der Waals surface area contributed by atoms with Crippen molar-refractivity contribution in [2.45, 2.75) is 39.2 Å². The lowest BCUT2D eigenvalue weighted by atomic mass is 10.0. The Morgan fingerprint density at radius 3 is 2.70 bits per heavy atom. The van der Waals surface area contributed by atoms with Crippen LogP contribution < -0.4 is 5.32 Å². The molecular formula is C22H25N3O2. The Balaban J connectivity index is 1.61. The van der Waals surface area contributed by atoms with Crippen molar-refractivity contribution in [1.82, 2.24) is 9.88 Å². The number of carbonyl (C=O) groups is 2. The summed E-state index contributed by atoms with van der Waals surface area (Å²) in [6.07, 6.45) is 6.14. The van der Waals surface area contributed by atoms with E-state index in [0.29, 0.717) is 31.1 Å². The highest BCUT2D eigenvalue weighted by Crippen LogP contribution is 2.21. The predicted molar refractivity (Wildman–Crippen MR) is 107 cm³/mol. The lowest BCUT2D eigenvalue weighted by Crippen LogP contribution is -2.24. The van der Waals surface area contributed by atoms with Gasteiger partial charge in [0.05, 0.1) is 0 Å². The minimum absolute atomic E-state index is 0.00322. The molecular weight excluding hydrogens is 338 g/mol. The van der Waals surface area contributed by atoms with Crippen LogP contribution in [0.4, 0.5) is 5.82 Å². The van der Waals surface area contributed by atoms with Crippen molar-refractivity contribution in [2.24, 2.45) is 0 Å². The number of likely N-dealkylation sites (N-methyl/N-ethyl adjacent to an activating group) is 1. The molecule has 0 saturated carbocycles. The Labute approximate surface area is 160 Å². The molecule has 0 aliphatic carbocycles. The van der Waals surface area contributed by atoms with Gasteiger partial charge in [-0.25, -0.2) is 4.98 Å². The molecule has 2 heterocycles. The van der Waals surface area contributed by atoms with E-state index in [1.54, 1.807) is 30.3 Å². The number of anilines is 1. The topological polar surface area (TPSA) is 62.3 Å². The van der Waals surface area contributed by atoms with Crippen LogP contribution in [0.5, 0.6) is 0 Å². The van der Waals surface area contributed by atoms with Gasteiger partial charge >= 0.3 is 0 Å². The molecule has 1 aliphatic heterocycles. The third-order valence-electron chi connectivity index (χ3n) is 4.73. The molecule has 140 valence electrons. The number of fused-ring (bicyclic) bond motifs is 1. The first-order chi connectivity index (χ1) is 12.9. The highest BCUT2D eigenvalue weighted by Gasteiger charge is 2.15. The van der Waals surface area contributed by atoms with E-state index < -0.39 is 0 Å². The predicted octanol–water partition coefficient (Wildman–Crippen LogP) is 3.76. The fourth-order valence-corrected chi connectivity index (χ4v) is 3.02. The van der Waals surface area contributed by atoms with E-state index in [0.717, 1.165) is 16.7 Å². The van der Waals surface area contributed by atoms with Gasteiger partial charge in [0.15, 0.2) is 0 Å². The summed E-state index contributed by atoms with van der Waals surface area (Å²) in [6, 6.07) is 10.3. The number of nitrogens with zero attached hydrogens (tertiary/aromatic N) is 2. The minimum atomic E-state index is -0.0611. The number of amides is 2. The maximum Gasteiger partial charge on any atom is 0.246 e. The highest BCUT2D eigenvalue weighted by molar-refractivity contribution is 5.93. The van der Waals surface area contributed by atoms with E-state index in [4.69, 9.17) is 0 Å². The van der Waals surface area contributed by atoms with E-state index >= 15 is 0 Å². The zero-order valence-electron chi connectivity index (χ0n) is 16.0. The summed E-state index contributed by atoms with van der Waals surface area (Å²) in [5.74, 6) is 1.06. The van der Waals surface area contributed by atoms with Crippen molar-refractivity contribution in [3.63, 3.8) is 0 Å². The number of nitrogens with one attached hydrogen (secondary N) is 1. The second-order valence-corrected chi connectivity index (χ2v) is 7.25. The Kier molecular flexibility index (Phi) is 5.69. The molecule has 0 fully saturated rings. The second kappa shape index (κ2) is 8.16. The molecule has 1 aliphatic rings. The molecule has 1 aromatic heterocycles. The van der Waals surface area contributed by atoms with Crippen LogP contribution in [0, 0.1) is 0 Å². The molecule has 0 spiro atoms. The van der Waals surface area contributed by atoms with Gasteiger partial charge in [-0.2, -0.15) is 0 Å². The fourth-order valence-electron chi connectivity index (χ4n) is 3.02. The van der Waals surface area contributed by atoms with E-state index in [1.165, 1.54) is 5.56 Å². The van der Waals surface area contributed by atoms with Crippen LogP contribution in [0.2, 0.25) is 0 Å². The molecule has 27 heavy (non-hydrogen) atoms. The molecule has 3 rings (SSSR count). The number of aromatic nitrogens is 1. The standard InChI is InChI=1S/C22H25N3O2/c1-15(2)18-7-4-16(5-8-18)14-25(3)21(27)11-6-17-12-19-9-10-20(26)24-22(19)23-13-17/h4-8,11-13,15H,9-10,14H2,1-3H3,(H,23,24,26). The van der Waals surface area contributed by atoms with Crippen molar-refractivity contribution in [3.05, 3.63) is 64.9 Å². The fraction of sp³-hybridized carbons (Fsp3) is 0.318. The zero-order valence-corrected chi connectivity index (χ0v) is 16.0. The number of hydrogen-bond donors (Lipinski definition) is 1. The van der Waals surface area contributed by atoms with Gasteiger partial charge < -0.3 is 10.2 Å². The first-order valence-electron chi connectivity index (χ1n) is 9.23. The van der Waals surface area contributed by atoms with Crippen LogP contribution in [-0.2, 0) is 22.6 Å². The zero-order chi connectivity index (χ0) is 19.4. The summed E-state index contributed by atoms with van der Waals surface area (Å²) in [7, 11) is 1.80. The Hall–Kier alpha value is -2.95. The molecule has 0 saturated heterocycles. The largest absolute Gasteiger partial charge is 0.338 e. The van der Waals surface area contributed by atoms with E-state index in [1.807, 2.05) is 6.07 Å². The van der Waals surface area contributed by atoms with E-state index in [9.17, 15) is 9.59 Å². The number of benzene rings is 1. The summed E-state index contributed by atoms with van der Waals surface area (Å²) in [5.41, 5.74) is 4.26. The minimum Gasteiger partial charge on any atom is -0.338 e. The third kappa shape index (κ3) is 4.82. The molecule has 5 nitrogen and oxygen atoms in total. The molecule has 0 atom stereocenters. The molecule has 2 aromatic rings. The Morgan fingerprint density at radius 2 is 2.00 bits per heavy atom. The number of carbonyl (C=O) groups excluding carboxylic acids is 2. The first-order valence-corrected chi connectivity index (χ1v) is 9.23.